The molecule has 0 saturated heterocycles. The maximum absolute atomic E-state index is 13.7. The second-order valence-electron chi connectivity index (χ2n) is 8.44. The van der Waals surface area contributed by atoms with E-state index in [-0.39, 0.29) is 25.0 Å². The Bertz CT molecular complexity index is 1170. The first-order valence-corrected chi connectivity index (χ1v) is 12.6. The number of fused-ring (bicyclic) bond motifs is 1. The second-order valence-corrected chi connectivity index (χ2v) is 9.35. The number of halogens is 1. The fourth-order valence-electron chi connectivity index (χ4n) is 4.17. The lowest BCUT2D eigenvalue weighted by atomic mass is 10.0. The van der Waals surface area contributed by atoms with E-state index in [0.717, 1.165) is 26.9 Å². The van der Waals surface area contributed by atoms with Gasteiger partial charge in [-0.1, -0.05) is 64.5 Å². The highest BCUT2D eigenvalue weighted by Gasteiger charge is 2.30. The largest absolute Gasteiger partial charge is 0.454 e. The number of rotatable bonds is 10. The topological polar surface area (TPSA) is 67.9 Å². The SMILES string of the molecule is CCNC(=O)[C@@H](Cc1ccccc1)N(Cc1cccc(Br)c1)C(=O)CCc1ccc2c(c1)OCO2. The van der Waals surface area contributed by atoms with Crippen molar-refractivity contribution in [2.24, 2.45) is 0 Å². The van der Waals surface area contributed by atoms with E-state index in [9.17, 15) is 9.59 Å². The summed E-state index contributed by atoms with van der Waals surface area (Å²) in [6.07, 6.45) is 1.26. The number of aryl methyl sites for hydroxylation is 1. The first-order chi connectivity index (χ1) is 17.0. The van der Waals surface area contributed by atoms with Crippen LogP contribution in [0.3, 0.4) is 0 Å². The molecule has 182 valence electrons. The van der Waals surface area contributed by atoms with Crippen molar-refractivity contribution in [2.75, 3.05) is 13.3 Å². The summed E-state index contributed by atoms with van der Waals surface area (Å²) in [7, 11) is 0. The molecule has 7 heteroatoms. The summed E-state index contributed by atoms with van der Waals surface area (Å²) in [6.45, 7) is 2.94. The van der Waals surface area contributed by atoms with Crippen LogP contribution in [0.2, 0.25) is 0 Å². The Kier molecular flexibility index (Phi) is 8.42. The van der Waals surface area contributed by atoms with E-state index in [2.05, 4.69) is 21.2 Å². The van der Waals surface area contributed by atoms with Crippen LogP contribution >= 0.6 is 15.9 Å². The van der Waals surface area contributed by atoms with E-state index < -0.39 is 6.04 Å². The summed E-state index contributed by atoms with van der Waals surface area (Å²) >= 11 is 3.51. The summed E-state index contributed by atoms with van der Waals surface area (Å²) < 4.78 is 11.8. The van der Waals surface area contributed by atoms with E-state index >= 15 is 0 Å². The molecule has 0 radical (unpaired) electrons. The van der Waals surface area contributed by atoms with Gasteiger partial charge in [0, 0.05) is 30.4 Å². The highest BCUT2D eigenvalue weighted by atomic mass is 79.9. The Balaban J connectivity index is 1.58. The van der Waals surface area contributed by atoms with Gasteiger partial charge in [-0.15, -0.1) is 0 Å². The summed E-state index contributed by atoms with van der Waals surface area (Å²) in [4.78, 5) is 28.6. The van der Waals surface area contributed by atoms with Crippen molar-refractivity contribution in [3.63, 3.8) is 0 Å². The molecule has 1 heterocycles. The molecule has 0 aromatic heterocycles. The minimum Gasteiger partial charge on any atom is -0.454 e. The van der Waals surface area contributed by atoms with Crippen LogP contribution in [0.1, 0.15) is 30.0 Å². The van der Waals surface area contributed by atoms with Crippen LogP contribution in [-0.4, -0.2) is 36.1 Å². The van der Waals surface area contributed by atoms with E-state index in [1.807, 2.05) is 79.7 Å². The minimum atomic E-state index is -0.624. The Morgan fingerprint density at radius 1 is 0.943 bits per heavy atom. The summed E-state index contributed by atoms with van der Waals surface area (Å²) in [5.74, 6) is 1.19. The molecule has 2 amide bonds. The van der Waals surface area contributed by atoms with Crippen molar-refractivity contribution in [2.45, 2.75) is 38.8 Å². The molecule has 35 heavy (non-hydrogen) atoms. The molecule has 1 N–H and O–H groups in total. The van der Waals surface area contributed by atoms with Crippen LogP contribution in [0.5, 0.6) is 11.5 Å². The smallest absolute Gasteiger partial charge is 0.243 e. The van der Waals surface area contributed by atoms with Crippen LogP contribution in [0.15, 0.2) is 77.3 Å². The minimum absolute atomic E-state index is 0.0742. The fraction of sp³-hybridized carbons (Fsp3) is 0.286. The average molecular weight is 537 g/mol. The molecule has 1 aliphatic rings. The number of hydrogen-bond donors (Lipinski definition) is 1. The molecule has 4 rings (SSSR count). The lowest BCUT2D eigenvalue weighted by molar-refractivity contribution is -0.141. The molecular formula is C28H29BrN2O4. The average Bonchev–Trinajstić information content (AvgIpc) is 3.33. The van der Waals surface area contributed by atoms with Crippen molar-refractivity contribution in [3.05, 3.63) is 94.0 Å². The molecule has 0 unspecified atom stereocenters. The highest BCUT2D eigenvalue weighted by molar-refractivity contribution is 9.10. The lowest BCUT2D eigenvalue weighted by Crippen LogP contribution is -2.50. The summed E-state index contributed by atoms with van der Waals surface area (Å²) in [5.41, 5.74) is 2.95. The zero-order chi connectivity index (χ0) is 24.6. The summed E-state index contributed by atoms with van der Waals surface area (Å²) in [5, 5.41) is 2.93. The molecule has 1 aliphatic heterocycles. The van der Waals surface area contributed by atoms with Crippen molar-refractivity contribution in [1.82, 2.24) is 10.2 Å². The number of carbonyl (C=O) groups is 2. The van der Waals surface area contributed by atoms with Gasteiger partial charge in [-0.2, -0.15) is 0 Å². The van der Waals surface area contributed by atoms with Gasteiger partial charge in [0.1, 0.15) is 6.04 Å². The third-order valence-electron chi connectivity index (χ3n) is 5.93. The van der Waals surface area contributed by atoms with Gasteiger partial charge < -0.3 is 19.7 Å². The molecule has 0 aliphatic carbocycles. The number of ether oxygens (including phenoxy) is 2. The summed E-state index contributed by atoms with van der Waals surface area (Å²) in [6, 6.07) is 22.8. The van der Waals surface area contributed by atoms with Crippen LogP contribution < -0.4 is 14.8 Å². The van der Waals surface area contributed by atoms with Crippen molar-refractivity contribution >= 4 is 27.7 Å². The Morgan fingerprint density at radius 2 is 1.71 bits per heavy atom. The van der Waals surface area contributed by atoms with Gasteiger partial charge in [-0.05, 0) is 54.3 Å². The lowest BCUT2D eigenvalue weighted by Gasteiger charge is -2.31. The molecule has 0 spiro atoms. The monoisotopic (exact) mass is 536 g/mol. The number of nitrogens with zero attached hydrogens (tertiary/aromatic N) is 1. The number of carbonyl (C=O) groups excluding carboxylic acids is 2. The van der Waals surface area contributed by atoms with Gasteiger partial charge >= 0.3 is 0 Å². The maximum atomic E-state index is 13.7. The third kappa shape index (κ3) is 6.63. The first kappa shape index (κ1) is 24.8. The van der Waals surface area contributed by atoms with Crippen LogP contribution in [0.25, 0.3) is 0 Å². The van der Waals surface area contributed by atoms with E-state index in [1.54, 1.807) is 4.90 Å². The van der Waals surface area contributed by atoms with Gasteiger partial charge in [0.05, 0.1) is 0 Å². The zero-order valence-corrected chi connectivity index (χ0v) is 21.3. The normalized spacial score (nSPS) is 12.7. The fourth-order valence-corrected chi connectivity index (χ4v) is 4.62. The molecule has 3 aromatic rings. The molecule has 3 aromatic carbocycles. The van der Waals surface area contributed by atoms with E-state index in [1.165, 1.54) is 0 Å². The standard InChI is InChI=1S/C28H29BrN2O4/c1-2-30-28(33)24(16-20-7-4-3-5-8-20)31(18-22-9-6-10-23(29)15-22)27(32)14-12-21-11-13-25-26(17-21)35-19-34-25/h3-11,13,15,17,24H,2,12,14,16,18-19H2,1H3,(H,30,33)/t24-/m1/s1. The van der Waals surface area contributed by atoms with Gasteiger partial charge in [-0.3, -0.25) is 9.59 Å². The quantitative estimate of drug-likeness (QED) is 0.400. The van der Waals surface area contributed by atoms with E-state index in [4.69, 9.17) is 9.47 Å². The third-order valence-corrected chi connectivity index (χ3v) is 6.42. The molecule has 0 fully saturated rings. The van der Waals surface area contributed by atoms with Crippen molar-refractivity contribution < 1.29 is 19.1 Å². The molecule has 0 bridgehead atoms. The first-order valence-electron chi connectivity index (χ1n) is 11.8. The maximum Gasteiger partial charge on any atom is 0.243 e. The van der Waals surface area contributed by atoms with Crippen molar-refractivity contribution in [1.29, 1.82) is 0 Å². The van der Waals surface area contributed by atoms with Crippen LogP contribution in [0.4, 0.5) is 0 Å². The second kappa shape index (κ2) is 11.9. The van der Waals surface area contributed by atoms with Crippen molar-refractivity contribution in [3.8, 4) is 11.5 Å². The molecule has 1 atom stereocenters. The van der Waals surface area contributed by atoms with Crippen LogP contribution in [0, 0.1) is 0 Å². The highest BCUT2D eigenvalue weighted by Crippen LogP contribution is 2.33. The predicted octanol–water partition coefficient (Wildman–Crippen LogP) is 4.89. The van der Waals surface area contributed by atoms with Gasteiger partial charge in [0.2, 0.25) is 18.6 Å². The molecule has 6 nitrogen and oxygen atoms in total. The zero-order valence-electron chi connectivity index (χ0n) is 19.7. The van der Waals surface area contributed by atoms with Crippen LogP contribution in [-0.2, 0) is 29.0 Å². The van der Waals surface area contributed by atoms with Gasteiger partial charge in [0.15, 0.2) is 11.5 Å². The number of likely N-dealkylation sites (N-methyl/N-ethyl adjacent to an activating group) is 1. The van der Waals surface area contributed by atoms with E-state index in [0.29, 0.717) is 31.7 Å². The number of hydrogen-bond acceptors (Lipinski definition) is 4. The Labute approximate surface area is 214 Å². The predicted molar refractivity (Wildman–Crippen MR) is 138 cm³/mol. The Hall–Kier alpha value is -3.32. The van der Waals surface area contributed by atoms with Gasteiger partial charge in [-0.25, -0.2) is 0 Å². The number of benzene rings is 3. The Morgan fingerprint density at radius 3 is 2.49 bits per heavy atom. The van der Waals surface area contributed by atoms with Gasteiger partial charge in [0.25, 0.3) is 0 Å². The number of amides is 2. The molecule has 0 saturated carbocycles. The number of nitrogens with one attached hydrogen (secondary N) is 1. The molecular weight excluding hydrogens is 508 g/mol.